The molecule has 0 bridgehead atoms. The van der Waals surface area contributed by atoms with Crippen LogP contribution in [0, 0.1) is 18.8 Å². The highest BCUT2D eigenvalue weighted by Crippen LogP contribution is 2.35. The summed E-state index contributed by atoms with van der Waals surface area (Å²) >= 11 is 6.09. The molecule has 0 radical (unpaired) electrons. The highest BCUT2D eigenvalue weighted by atomic mass is 35.5. The Kier molecular flexibility index (Phi) is 4.09. The Morgan fingerprint density at radius 3 is 2.86 bits per heavy atom. The number of nitrogens with one attached hydrogen (secondary N) is 1. The molecule has 1 saturated carbocycles. The largest absolute Gasteiger partial charge is 0.328 e. The van der Waals surface area contributed by atoms with E-state index < -0.39 is 0 Å². The van der Waals surface area contributed by atoms with Crippen molar-refractivity contribution >= 4 is 23.3 Å². The van der Waals surface area contributed by atoms with Gasteiger partial charge in [-0.2, -0.15) is 0 Å². The Morgan fingerprint density at radius 1 is 1.33 bits per heavy atom. The summed E-state index contributed by atoms with van der Waals surface area (Å²) in [6.07, 6.45) is 3.28. The second-order valence-corrected chi connectivity index (χ2v) is 6.80. The summed E-state index contributed by atoms with van der Waals surface area (Å²) in [6.45, 7) is 3.62. The van der Waals surface area contributed by atoms with Crippen molar-refractivity contribution in [2.24, 2.45) is 17.6 Å². The van der Waals surface area contributed by atoms with Gasteiger partial charge in [-0.15, -0.1) is 0 Å². The highest BCUT2D eigenvalue weighted by molar-refractivity contribution is 6.31. The Morgan fingerprint density at radius 2 is 2.10 bits per heavy atom. The third-order valence-corrected chi connectivity index (χ3v) is 5.21. The lowest BCUT2D eigenvalue weighted by molar-refractivity contribution is 0.220. The number of hydrogen-bond acceptors (Lipinski definition) is 2. The number of anilines is 1. The van der Waals surface area contributed by atoms with E-state index in [1.807, 2.05) is 24.0 Å². The summed E-state index contributed by atoms with van der Waals surface area (Å²) < 4.78 is 0. The van der Waals surface area contributed by atoms with Crippen molar-refractivity contribution in [1.29, 1.82) is 0 Å². The molecule has 1 unspecified atom stereocenters. The van der Waals surface area contributed by atoms with Gasteiger partial charge in [0.2, 0.25) is 0 Å². The van der Waals surface area contributed by atoms with E-state index in [0.717, 1.165) is 43.6 Å². The number of carbonyl (C=O) groups excluding carboxylic acids is 1. The second kappa shape index (κ2) is 5.85. The lowest BCUT2D eigenvalue weighted by Gasteiger charge is -2.27. The van der Waals surface area contributed by atoms with Gasteiger partial charge < -0.3 is 16.0 Å². The van der Waals surface area contributed by atoms with Crippen molar-refractivity contribution < 1.29 is 4.79 Å². The first-order chi connectivity index (χ1) is 10.0. The number of rotatable bonds is 1. The number of fused-ring (bicyclic) bond motifs is 1. The number of nitrogens with zero attached hydrogens (tertiary/aromatic N) is 1. The van der Waals surface area contributed by atoms with E-state index in [9.17, 15) is 4.79 Å². The number of aryl methyl sites for hydroxylation is 1. The average molecular weight is 308 g/mol. The Hall–Kier alpha value is -1.26. The molecule has 3 rings (SSSR count). The number of urea groups is 1. The van der Waals surface area contributed by atoms with Crippen molar-refractivity contribution in [2.75, 3.05) is 18.4 Å². The molecular weight excluding hydrogens is 286 g/mol. The minimum absolute atomic E-state index is 0.0297. The van der Waals surface area contributed by atoms with Gasteiger partial charge in [-0.1, -0.05) is 17.7 Å². The molecule has 1 aliphatic heterocycles. The standard InChI is InChI=1S/C16H22ClN3O/c1-10-2-5-14(7-15(10)17)19-16(21)20-8-11-3-4-13(18)6-12(11)9-20/h2,5,7,11-13H,3-4,6,8-9,18H2,1H3,(H,19,21)/t11-,12+,13?/m1/s1. The van der Waals surface area contributed by atoms with E-state index in [0.29, 0.717) is 22.9 Å². The van der Waals surface area contributed by atoms with Crippen LogP contribution in [0.4, 0.5) is 10.5 Å². The number of hydrogen-bond donors (Lipinski definition) is 2. The first-order valence-corrected chi connectivity index (χ1v) is 7.98. The molecular formula is C16H22ClN3O. The maximum absolute atomic E-state index is 12.4. The fourth-order valence-electron chi connectivity index (χ4n) is 3.51. The zero-order valence-corrected chi connectivity index (χ0v) is 13.1. The number of benzene rings is 1. The smallest absolute Gasteiger partial charge is 0.321 e. The zero-order chi connectivity index (χ0) is 15.0. The lowest BCUT2D eigenvalue weighted by Crippen LogP contribution is -2.33. The summed E-state index contributed by atoms with van der Waals surface area (Å²) in [6, 6.07) is 5.88. The number of amides is 2. The van der Waals surface area contributed by atoms with Crippen molar-refractivity contribution in [3.63, 3.8) is 0 Å². The number of nitrogens with two attached hydrogens (primary N) is 1. The van der Waals surface area contributed by atoms with Crippen LogP contribution in [0.1, 0.15) is 24.8 Å². The highest BCUT2D eigenvalue weighted by Gasteiger charge is 2.38. The number of likely N-dealkylation sites (tertiary alicyclic amines) is 1. The van der Waals surface area contributed by atoms with Gasteiger partial charge in [-0.05, 0) is 55.7 Å². The lowest BCUT2D eigenvalue weighted by atomic mass is 9.79. The van der Waals surface area contributed by atoms with Crippen LogP contribution in [0.15, 0.2) is 18.2 Å². The summed E-state index contributed by atoms with van der Waals surface area (Å²) in [7, 11) is 0. The molecule has 114 valence electrons. The third kappa shape index (κ3) is 3.16. The van der Waals surface area contributed by atoms with E-state index in [-0.39, 0.29) is 6.03 Å². The first kappa shape index (κ1) is 14.7. The van der Waals surface area contributed by atoms with Gasteiger partial charge in [0, 0.05) is 29.8 Å². The van der Waals surface area contributed by atoms with Crippen molar-refractivity contribution in [1.82, 2.24) is 4.90 Å². The molecule has 1 saturated heterocycles. The predicted octanol–water partition coefficient (Wildman–Crippen LogP) is 3.24. The van der Waals surface area contributed by atoms with Gasteiger partial charge in [0.15, 0.2) is 0 Å². The van der Waals surface area contributed by atoms with Crippen molar-refractivity contribution in [3.8, 4) is 0 Å². The molecule has 2 amide bonds. The van der Waals surface area contributed by atoms with E-state index in [4.69, 9.17) is 17.3 Å². The van der Waals surface area contributed by atoms with Crippen LogP contribution in [0.5, 0.6) is 0 Å². The summed E-state index contributed by atoms with van der Waals surface area (Å²) in [4.78, 5) is 14.3. The van der Waals surface area contributed by atoms with Gasteiger partial charge in [-0.3, -0.25) is 0 Å². The monoisotopic (exact) mass is 307 g/mol. The Labute approximate surface area is 130 Å². The fourth-order valence-corrected chi connectivity index (χ4v) is 3.69. The van der Waals surface area contributed by atoms with Gasteiger partial charge in [0.05, 0.1) is 0 Å². The van der Waals surface area contributed by atoms with Crippen molar-refractivity contribution in [2.45, 2.75) is 32.2 Å². The fraction of sp³-hybridized carbons (Fsp3) is 0.562. The third-order valence-electron chi connectivity index (χ3n) is 4.80. The van der Waals surface area contributed by atoms with E-state index in [1.165, 1.54) is 0 Å². The number of halogens is 1. The van der Waals surface area contributed by atoms with E-state index in [1.54, 1.807) is 6.07 Å². The average Bonchev–Trinajstić information content (AvgIpc) is 2.86. The molecule has 2 aliphatic rings. The first-order valence-electron chi connectivity index (χ1n) is 7.60. The minimum Gasteiger partial charge on any atom is -0.328 e. The van der Waals surface area contributed by atoms with Crippen LogP contribution in [0.3, 0.4) is 0 Å². The predicted molar refractivity (Wildman–Crippen MR) is 85.6 cm³/mol. The van der Waals surface area contributed by atoms with E-state index in [2.05, 4.69) is 5.32 Å². The van der Waals surface area contributed by atoms with Crippen LogP contribution in [0.25, 0.3) is 0 Å². The van der Waals surface area contributed by atoms with Crippen LogP contribution in [0.2, 0.25) is 5.02 Å². The quantitative estimate of drug-likeness (QED) is 0.837. The Bertz CT molecular complexity index is 548. The van der Waals surface area contributed by atoms with Gasteiger partial charge in [-0.25, -0.2) is 4.79 Å². The molecule has 0 spiro atoms. The molecule has 2 fully saturated rings. The molecule has 1 aromatic carbocycles. The minimum atomic E-state index is -0.0297. The normalized spacial score (nSPS) is 28.3. The van der Waals surface area contributed by atoms with Crippen molar-refractivity contribution in [3.05, 3.63) is 28.8 Å². The van der Waals surface area contributed by atoms with Crippen LogP contribution < -0.4 is 11.1 Å². The molecule has 4 nitrogen and oxygen atoms in total. The molecule has 5 heteroatoms. The molecule has 1 aromatic rings. The zero-order valence-electron chi connectivity index (χ0n) is 12.3. The molecule has 0 aromatic heterocycles. The topological polar surface area (TPSA) is 58.4 Å². The maximum atomic E-state index is 12.4. The Balaban J connectivity index is 1.62. The molecule has 3 atom stereocenters. The number of carbonyl (C=O) groups is 1. The SMILES string of the molecule is Cc1ccc(NC(=O)N2C[C@H]3CCC(N)C[C@H]3C2)cc1Cl. The van der Waals surface area contributed by atoms with Gasteiger partial charge in [0.25, 0.3) is 0 Å². The summed E-state index contributed by atoms with van der Waals surface area (Å²) in [5.74, 6) is 1.19. The maximum Gasteiger partial charge on any atom is 0.321 e. The summed E-state index contributed by atoms with van der Waals surface area (Å²) in [5.41, 5.74) is 7.79. The second-order valence-electron chi connectivity index (χ2n) is 6.39. The molecule has 1 heterocycles. The van der Waals surface area contributed by atoms with Crippen LogP contribution in [-0.4, -0.2) is 30.1 Å². The van der Waals surface area contributed by atoms with Crippen LogP contribution in [-0.2, 0) is 0 Å². The summed E-state index contributed by atoms with van der Waals surface area (Å²) in [5, 5.41) is 3.62. The molecule has 1 aliphatic carbocycles. The van der Waals surface area contributed by atoms with E-state index >= 15 is 0 Å². The molecule has 3 N–H and O–H groups in total. The van der Waals surface area contributed by atoms with Gasteiger partial charge in [0.1, 0.15) is 0 Å². The molecule has 21 heavy (non-hydrogen) atoms. The van der Waals surface area contributed by atoms with Crippen LogP contribution >= 0.6 is 11.6 Å². The van der Waals surface area contributed by atoms with Gasteiger partial charge >= 0.3 is 6.03 Å².